The van der Waals surface area contributed by atoms with Gasteiger partial charge < -0.3 is 9.88 Å². The Bertz CT molecular complexity index is 596. The van der Waals surface area contributed by atoms with Crippen molar-refractivity contribution in [2.24, 2.45) is 7.05 Å². The van der Waals surface area contributed by atoms with E-state index < -0.39 is 5.82 Å². The Labute approximate surface area is 116 Å². The lowest BCUT2D eigenvalue weighted by Crippen LogP contribution is -2.30. The number of hydrogen-bond acceptors (Lipinski definition) is 3. The molecule has 5 nitrogen and oxygen atoms in total. The highest BCUT2D eigenvalue weighted by atomic mass is 19.1. The van der Waals surface area contributed by atoms with Gasteiger partial charge in [-0.1, -0.05) is 13.3 Å². The molecule has 106 valence electrons. The van der Waals surface area contributed by atoms with E-state index in [4.69, 9.17) is 0 Å². The topological polar surface area (TPSA) is 59.8 Å². The summed E-state index contributed by atoms with van der Waals surface area (Å²) in [6, 6.07) is 0.972. The van der Waals surface area contributed by atoms with E-state index >= 15 is 0 Å². The van der Waals surface area contributed by atoms with Gasteiger partial charge in [0.25, 0.3) is 5.91 Å². The second kappa shape index (κ2) is 6.27. The van der Waals surface area contributed by atoms with Gasteiger partial charge in [-0.3, -0.25) is 9.78 Å². The molecule has 0 radical (unpaired) electrons. The molecule has 0 bridgehead atoms. The number of pyridine rings is 1. The molecule has 6 heteroatoms. The van der Waals surface area contributed by atoms with Crippen molar-refractivity contribution < 1.29 is 9.18 Å². The zero-order chi connectivity index (χ0) is 14.5. The first-order valence-corrected chi connectivity index (χ1v) is 6.50. The molecule has 2 rings (SSSR count). The number of aromatic nitrogens is 3. The van der Waals surface area contributed by atoms with Gasteiger partial charge in [0, 0.05) is 25.6 Å². The summed E-state index contributed by atoms with van der Waals surface area (Å²) in [5, 5.41) is 2.88. The predicted octanol–water partition coefficient (Wildman–Crippen LogP) is 2.23. The van der Waals surface area contributed by atoms with Gasteiger partial charge in [-0.05, 0) is 12.5 Å². The molecule has 0 aliphatic carbocycles. The Morgan fingerprint density at radius 3 is 2.90 bits per heavy atom. The van der Waals surface area contributed by atoms with Crippen molar-refractivity contribution in [2.45, 2.75) is 25.8 Å². The lowest BCUT2D eigenvalue weighted by molar-refractivity contribution is 0.0931. The number of nitrogens with zero attached hydrogens (tertiary/aromatic N) is 3. The summed E-state index contributed by atoms with van der Waals surface area (Å²) in [4.78, 5) is 20.1. The van der Waals surface area contributed by atoms with Gasteiger partial charge in [-0.2, -0.15) is 0 Å². The van der Waals surface area contributed by atoms with Crippen LogP contribution in [0.15, 0.2) is 30.9 Å². The van der Waals surface area contributed by atoms with Crippen LogP contribution in [0.25, 0.3) is 0 Å². The molecule has 2 aromatic heterocycles. The molecule has 0 spiro atoms. The summed E-state index contributed by atoms with van der Waals surface area (Å²) in [6.45, 7) is 2.03. The molecular formula is C14H17FN4O. The predicted molar refractivity (Wildman–Crippen MR) is 72.5 cm³/mol. The third kappa shape index (κ3) is 3.20. The minimum Gasteiger partial charge on any atom is -0.342 e. The number of nitrogens with one attached hydrogen (secondary N) is 1. The van der Waals surface area contributed by atoms with E-state index in [2.05, 4.69) is 15.3 Å². The summed E-state index contributed by atoms with van der Waals surface area (Å²) >= 11 is 0. The standard InChI is InChI=1S/C14H17FN4O/c1-3-4-12(13-17-5-6-19(13)2)18-14(20)10-7-11(15)9-16-8-10/h5-9,12H,3-4H2,1-2H3,(H,18,20)/t12-/m0/s1. The average Bonchev–Trinajstić information content (AvgIpc) is 2.84. The highest BCUT2D eigenvalue weighted by molar-refractivity contribution is 5.94. The van der Waals surface area contributed by atoms with Crippen molar-refractivity contribution in [3.63, 3.8) is 0 Å². The Morgan fingerprint density at radius 1 is 1.50 bits per heavy atom. The second-order valence-electron chi connectivity index (χ2n) is 4.60. The van der Waals surface area contributed by atoms with Gasteiger partial charge >= 0.3 is 0 Å². The van der Waals surface area contributed by atoms with Crippen LogP contribution < -0.4 is 5.32 Å². The summed E-state index contributed by atoms with van der Waals surface area (Å²) < 4.78 is 15.0. The average molecular weight is 276 g/mol. The highest BCUT2D eigenvalue weighted by Gasteiger charge is 2.18. The van der Waals surface area contributed by atoms with Crippen LogP contribution in [0.3, 0.4) is 0 Å². The maximum Gasteiger partial charge on any atom is 0.253 e. The summed E-state index contributed by atoms with van der Waals surface area (Å²) in [6.07, 6.45) is 7.60. The zero-order valence-corrected chi connectivity index (χ0v) is 11.5. The van der Waals surface area contributed by atoms with Crippen molar-refractivity contribution in [3.8, 4) is 0 Å². The Morgan fingerprint density at radius 2 is 2.30 bits per heavy atom. The molecule has 1 amide bonds. The van der Waals surface area contributed by atoms with Crippen LogP contribution in [0.2, 0.25) is 0 Å². The normalized spacial score (nSPS) is 12.2. The number of amides is 1. The van der Waals surface area contributed by atoms with E-state index in [0.717, 1.165) is 24.9 Å². The first-order valence-electron chi connectivity index (χ1n) is 6.50. The first kappa shape index (κ1) is 14.2. The van der Waals surface area contributed by atoms with E-state index in [9.17, 15) is 9.18 Å². The van der Waals surface area contributed by atoms with Crippen LogP contribution >= 0.6 is 0 Å². The fourth-order valence-corrected chi connectivity index (χ4v) is 2.05. The second-order valence-corrected chi connectivity index (χ2v) is 4.60. The molecule has 0 aliphatic heterocycles. The number of carbonyl (C=O) groups is 1. The molecule has 2 aromatic rings. The quantitative estimate of drug-likeness (QED) is 0.911. The third-order valence-corrected chi connectivity index (χ3v) is 3.02. The minimum atomic E-state index is -0.526. The van der Waals surface area contributed by atoms with Crippen LogP contribution in [-0.2, 0) is 7.05 Å². The van der Waals surface area contributed by atoms with Crippen molar-refractivity contribution in [2.75, 3.05) is 0 Å². The smallest absolute Gasteiger partial charge is 0.253 e. The van der Waals surface area contributed by atoms with Gasteiger partial charge in [-0.15, -0.1) is 0 Å². The molecule has 0 aromatic carbocycles. The van der Waals surface area contributed by atoms with E-state index in [1.165, 1.54) is 12.3 Å². The molecule has 1 N–H and O–H groups in total. The van der Waals surface area contributed by atoms with Crippen molar-refractivity contribution in [1.82, 2.24) is 19.9 Å². The number of hydrogen-bond donors (Lipinski definition) is 1. The number of rotatable bonds is 5. The van der Waals surface area contributed by atoms with Crippen molar-refractivity contribution in [1.29, 1.82) is 0 Å². The summed E-state index contributed by atoms with van der Waals surface area (Å²) in [5.41, 5.74) is 0.209. The van der Waals surface area contributed by atoms with Crippen LogP contribution in [0, 0.1) is 5.82 Å². The van der Waals surface area contributed by atoms with Crippen LogP contribution in [0.5, 0.6) is 0 Å². The van der Waals surface area contributed by atoms with Crippen molar-refractivity contribution >= 4 is 5.91 Å². The van der Waals surface area contributed by atoms with E-state index in [1.54, 1.807) is 6.20 Å². The maximum absolute atomic E-state index is 13.1. The van der Waals surface area contributed by atoms with E-state index in [0.29, 0.717) is 0 Å². The number of aryl methyl sites for hydroxylation is 1. The largest absolute Gasteiger partial charge is 0.342 e. The minimum absolute atomic E-state index is 0.198. The van der Waals surface area contributed by atoms with Crippen LogP contribution in [-0.4, -0.2) is 20.4 Å². The lowest BCUT2D eigenvalue weighted by Gasteiger charge is -2.17. The Balaban J connectivity index is 2.16. The number of halogens is 1. The Kier molecular flexibility index (Phi) is 4.45. The van der Waals surface area contributed by atoms with Crippen LogP contribution in [0.4, 0.5) is 4.39 Å². The summed E-state index contributed by atoms with van der Waals surface area (Å²) in [5.74, 6) is -0.0929. The van der Waals surface area contributed by atoms with Gasteiger partial charge in [0.2, 0.25) is 0 Å². The lowest BCUT2D eigenvalue weighted by atomic mass is 10.1. The number of carbonyl (C=O) groups excluding carboxylic acids is 1. The molecule has 0 aliphatic rings. The number of imidazole rings is 1. The van der Waals surface area contributed by atoms with Gasteiger partial charge in [0.15, 0.2) is 0 Å². The maximum atomic E-state index is 13.1. The fraction of sp³-hybridized carbons (Fsp3) is 0.357. The SMILES string of the molecule is CCC[C@H](NC(=O)c1cncc(F)c1)c1nccn1C. The van der Waals surface area contributed by atoms with E-state index in [1.807, 2.05) is 24.7 Å². The third-order valence-electron chi connectivity index (χ3n) is 3.02. The molecular weight excluding hydrogens is 259 g/mol. The van der Waals surface area contributed by atoms with Gasteiger partial charge in [0.05, 0.1) is 17.8 Å². The molecule has 0 saturated carbocycles. The van der Waals surface area contributed by atoms with Gasteiger partial charge in [-0.25, -0.2) is 9.37 Å². The van der Waals surface area contributed by atoms with Crippen LogP contribution in [0.1, 0.15) is 42.0 Å². The first-order chi connectivity index (χ1) is 9.61. The molecule has 0 fully saturated rings. The van der Waals surface area contributed by atoms with Crippen molar-refractivity contribution in [3.05, 3.63) is 48.1 Å². The fourth-order valence-electron chi connectivity index (χ4n) is 2.05. The molecule has 0 unspecified atom stereocenters. The molecule has 1 atom stereocenters. The van der Waals surface area contributed by atoms with Gasteiger partial charge in [0.1, 0.15) is 11.6 Å². The highest BCUT2D eigenvalue weighted by Crippen LogP contribution is 2.17. The molecule has 20 heavy (non-hydrogen) atoms. The summed E-state index contributed by atoms with van der Waals surface area (Å²) in [7, 11) is 1.88. The molecule has 2 heterocycles. The molecule has 0 saturated heterocycles. The van der Waals surface area contributed by atoms with E-state index in [-0.39, 0.29) is 17.5 Å². The zero-order valence-electron chi connectivity index (χ0n) is 11.5. The monoisotopic (exact) mass is 276 g/mol. The Hall–Kier alpha value is -2.24.